The third-order valence-corrected chi connectivity index (χ3v) is 5.97. The highest BCUT2D eigenvalue weighted by molar-refractivity contribution is 6.32. The first-order chi connectivity index (χ1) is 15.6. The van der Waals surface area contributed by atoms with Gasteiger partial charge in [-0.15, -0.1) is 0 Å². The summed E-state index contributed by atoms with van der Waals surface area (Å²) in [6, 6.07) is 19.9. The van der Waals surface area contributed by atoms with Gasteiger partial charge >= 0.3 is 0 Å². The number of hydrogen-bond donors (Lipinski definition) is 1. The lowest BCUT2D eigenvalue weighted by molar-refractivity contribution is 1.04. The van der Waals surface area contributed by atoms with Crippen molar-refractivity contribution < 1.29 is 0 Å². The van der Waals surface area contributed by atoms with Gasteiger partial charge in [0, 0.05) is 10.9 Å². The largest absolute Gasteiger partial charge is 0.276 e. The van der Waals surface area contributed by atoms with Crippen LogP contribution in [0.1, 0.15) is 29.2 Å². The average molecular weight is 439 g/mol. The Labute approximate surface area is 189 Å². The molecule has 1 N–H and O–H groups in total. The van der Waals surface area contributed by atoms with Crippen molar-refractivity contribution in [1.29, 1.82) is 5.26 Å². The summed E-state index contributed by atoms with van der Waals surface area (Å²) in [7, 11) is 0. The number of nitrogens with zero attached hydrogens (tertiary/aromatic N) is 5. The van der Waals surface area contributed by atoms with Crippen molar-refractivity contribution in [3.05, 3.63) is 82.0 Å². The summed E-state index contributed by atoms with van der Waals surface area (Å²) in [5.74, 6) is 0.786. The standard InChI is InChI=1S/C25H19ClN6/c1-3-18-15(2)19(13-27)24-30-21-10-6-7-11-22(21)32(24)25(18)31-28-14-17-12-16-8-4-5-9-20(16)29-23(17)26/h4-12,14,31H,3H2,1-2H3/b28-14+. The molecule has 5 rings (SSSR count). The first-order valence-corrected chi connectivity index (χ1v) is 10.7. The van der Waals surface area contributed by atoms with Gasteiger partial charge in [0.1, 0.15) is 17.0 Å². The summed E-state index contributed by atoms with van der Waals surface area (Å²) in [5, 5.41) is 15.7. The number of benzene rings is 2. The van der Waals surface area contributed by atoms with Gasteiger partial charge in [0.2, 0.25) is 0 Å². The number of anilines is 1. The van der Waals surface area contributed by atoms with E-state index >= 15 is 0 Å². The quantitative estimate of drug-likeness (QED) is 0.216. The fourth-order valence-corrected chi connectivity index (χ4v) is 4.29. The Morgan fingerprint density at radius 1 is 1.12 bits per heavy atom. The fraction of sp³-hybridized carbons (Fsp3) is 0.120. The molecule has 0 saturated carbocycles. The molecule has 0 radical (unpaired) electrons. The zero-order valence-electron chi connectivity index (χ0n) is 17.6. The predicted molar refractivity (Wildman–Crippen MR) is 129 cm³/mol. The maximum atomic E-state index is 9.82. The number of para-hydroxylation sites is 3. The number of pyridine rings is 2. The van der Waals surface area contributed by atoms with Crippen LogP contribution in [0, 0.1) is 18.3 Å². The number of rotatable bonds is 4. The van der Waals surface area contributed by atoms with E-state index in [1.54, 1.807) is 6.21 Å². The van der Waals surface area contributed by atoms with Crippen LogP contribution in [-0.2, 0) is 6.42 Å². The Kier molecular flexibility index (Phi) is 4.96. The van der Waals surface area contributed by atoms with Crippen molar-refractivity contribution in [2.24, 2.45) is 5.10 Å². The zero-order valence-corrected chi connectivity index (χ0v) is 18.4. The molecule has 0 aliphatic rings. The molecule has 2 aromatic carbocycles. The second kappa shape index (κ2) is 7.95. The minimum atomic E-state index is 0.388. The van der Waals surface area contributed by atoms with E-state index in [0.29, 0.717) is 21.9 Å². The van der Waals surface area contributed by atoms with Gasteiger partial charge in [-0.3, -0.25) is 9.83 Å². The maximum Gasteiger partial charge on any atom is 0.157 e. The van der Waals surface area contributed by atoms with E-state index < -0.39 is 0 Å². The smallest absolute Gasteiger partial charge is 0.157 e. The summed E-state index contributed by atoms with van der Waals surface area (Å²) >= 11 is 6.38. The molecule has 0 fully saturated rings. The molecule has 0 spiro atoms. The second-order valence-corrected chi connectivity index (χ2v) is 7.84. The van der Waals surface area contributed by atoms with E-state index in [0.717, 1.165) is 45.3 Å². The highest BCUT2D eigenvalue weighted by Crippen LogP contribution is 2.31. The predicted octanol–water partition coefficient (Wildman–Crippen LogP) is 5.88. The van der Waals surface area contributed by atoms with Gasteiger partial charge in [0.25, 0.3) is 0 Å². The summed E-state index contributed by atoms with van der Waals surface area (Å²) in [6.07, 6.45) is 2.40. The van der Waals surface area contributed by atoms with Gasteiger partial charge in [-0.1, -0.05) is 48.9 Å². The highest BCUT2D eigenvalue weighted by atomic mass is 35.5. The summed E-state index contributed by atoms with van der Waals surface area (Å²) in [6.45, 7) is 4.02. The number of imidazole rings is 1. The van der Waals surface area contributed by atoms with Crippen LogP contribution in [0.3, 0.4) is 0 Å². The number of hydrogen-bond acceptors (Lipinski definition) is 5. The molecule has 7 heteroatoms. The minimum absolute atomic E-state index is 0.388. The van der Waals surface area contributed by atoms with E-state index in [-0.39, 0.29) is 0 Å². The van der Waals surface area contributed by atoms with Crippen molar-refractivity contribution in [2.45, 2.75) is 20.3 Å². The first kappa shape index (κ1) is 20.0. The molecule has 0 atom stereocenters. The van der Waals surface area contributed by atoms with Gasteiger partial charge < -0.3 is 0 Å². The molecule has 0 unspecified atom stereocenters. The molecule has 6 nitrogen and oxygen atoms in total. The minimum Gasteiger partial charge on any atom is -0.276 e. The molecule has 32 heavy (non-hydrogen) atoms. The number of hydrazone groups is 1. The molecule has 3 heterocycles. The summed E-state index contributed by atoms with van der Waals surface area (Å²) in [4.78, 5) is 9.16. The second-order valence-electron chi connectivity index (χ2n) is 7.48. The van der Waals surface area contributed by atoms with Crippen LogP contribution in [0.5, 0.6) is 0 Å². The SMILES string of the molecule is CCc1c(C)c(C#N)c2nc3ccccc3n2c1N/N=C/c1cc2ccccc2nc1Cl. The Morgan fingerprint density at radius 3 is 2.66 bits per heavy atom. The molecule has 0 amide bonds. The number of nitriles is 1. The number of fused-ring (bicyclic) bond motifs is 4. The van der Waals surface area contributed by atoms with E-state index in [2.05, 4.69) is 28.5 Å². The van der Waals surface area contributed by atoms with E-state index in [1.807, 2.05) is 65.9 Å². The van der Waals surface area contributed by atoms with Crippen molar-refractivity contribution in [1.82, 2.24) is 14.4 Å². The Hall–Kier alpha value is -3.95. The van der Waals surface area contributed by atoms with Crippen LogP contribution in [0.2, 0.25) is 5.15 Å². The molecular formula is C25H19ClN6. The molecule has 0 aliphatic carbocycles. The van der Waals surface area contributed by atoms with Gasteiger partial charge in [-0.05, 0) is 48.7 Å². The van der Waals surface area contributed by atoms with Crippen LogP contribution < -0.4 is 5.43 Å². The van der Waals surface area contributed by atoms with Crippen LogP contribution in [0.25, 0.3) is 27.6 Å². The third kappa shape index (κ3) is 3.15. The lowest BCUT2D eigenvalue weighted by Crippen LogP contribution is -2.07. The summed E-state index contributed by atoms with van der Waals surface area (Å²) in [5.41, 5.74) is 9.60. The zero-order chi connectivity index (χ0) is 22.2. The van der Waals surface area contributed by atoms with E-state index in [4.69, 9.17) is 16.6 Å². The average Bonchev–Trinajstić information content (AvgIpc) is 3.18. The lowest BCUT2D eigenvalue weighted by atomic mass is 10.0. The van der Waals surface area contributed by atoms with E-state index in [1.165, 1.54) is 0 Å². The molecular weight excluding hydrogens is 420 g/mol. The number of nitrogens with one attached hydrogen (secondary N) is 1. The fourth-order valence-electron chi connectivity index (χ4n) is 4.10. The van der Waals surface area contributed by atoms with Crippen LogP contribution in [0.4, 0.5) is 5.82 Å². The van der Waals surface area contributed by atoms with Crippen molar-refractivity contribution in [2.75, 3.05) is 5.43 Å². The van der Waals surface area contributed by atoms with Crippen molar-refractivity contribution in [3.63, 3.8) is 0 Å². The van der Waals surface area contributed by atoms with Gasteiger partial charge in [0.15, 0.2) is 5.65 Å². The monoisotopic (exact) mass is 438 g/mol. The van der Waals surface area contributed by atoms with Gasteiger partial charge in [-0.2, -0.15) is 10.4 Å². The molecule has 0 bridgehead atoms. The summed E-state index contributed by atoms with van der Waals surface area (Å²) < 4.78 is 1.97. The Balaban J connectivity index is 1.66. The molecule has 156 valence electrons. The van der Waals surface area contributed by atoms with Crippen molar-refractivity contribution >= 4 is 51.2 Å². The molecule has 5 aromatic rings. The van der Waals surface area contributed by atoms with Crippen molar-refractivity contribution in [3.8, 4) is 6.07 Å². The normalized spacial score (nSPS) is 11.6. The highest BCUT2D eigenvalue weighted by Gasteiger charge is 2.19. The Morgan fingerprint density at radius 2 is 1.88 bits per heavy atom. The number of aromatic nitrogens is 3. The molecule has 0 aliphatic heterocycles. The van der Waals surface area contributed by atoms with E-state index in [9.17, 15) is 5.26 Å². The van der Waals surface area contributed by atoms with Crippen LogP contribution >= 0.6 is 11.6 Å². The molecule has 0 saturated heterocycles. The lowest BCUT2D eigenvalue weighted by Gasteiger charge is -2.15. The maximum absolute atomic E-state index is 9.82. The third-order valence-electron chi connectivity index (χ3n) is 5.67. The Bertz CT molecular complexity index is 1580. The van der Waals surface area contributed by atoms with Crippen LogP contribution in [0.15, 0.2) is 59.7 Å². The van der Waals surface area contributed by atoms with Crippen LogP contribution in [-0.4, -0.2) is 20.6 Å². The molecule has 3 aromatic heterocycles. The van der Waals surface area contributed by atoms with Gasteiger partial charge in [-0.25, -0.2) is 9.97 Å². The van der Waals surface area contributed by atoms with Gasteiger partial charge in [0.05, 0.1) is 28.3 Å². The topological polar surface area (TPSA) is 78.4 Å². The first-order valence-electron chi connectivity index (χ1n) is 10.3. The number of halogens is 1.